The highest BCUT2D eigenvalue weighted by atomic mass is 16.4. The maximum absolute atomic E-state index is 11.3. The zero-order valence-corrected chi connectivity index (χ0v) is 10.8. The summed E-state index contributed by atoms with van der Waals surface area (Å²) in [5.74, 6) is 0.00604. The van der Waals surface area contributed by atoms with Gasteiger partial charge in [0.15, 0.2) is 0 Å². The number of carboxylic acid groups (broad SMARTS) is 1. The predicted molar refractivity (Wildman–Crippen MR) is 62.4 cm³/mol. The third-order valence-electron chi connectivity index (χ3n) is 4.18. The number of piperidine rings is 1. The highest BCUT2D eigenvalue weighted by Gasteiger charge is 2.50. The minimum atomic E-state index is -0.892. The lowest BCUT2D eigenvalue weighted by atomic mass is 9.67. The van der Waals surface area contributed by atoms with Crippen molar-refractivity contribution in [2.45, 2.75) is 52.7 Å². The summed E-state index contributed by atoms with van der Waals surface area (Å²) in [5, 5.41) is 19.2. The van der Waals surface area contributed by atoms with E-state index in [2.05, 4.69) is 0 Å². The van der Waals surface area contributed by atoms with Crippen LogP contribution in [0.1, 0.15) is 41.0 Å². The second kappa shape index (κ2) is 3.91. The SMILES string of the molecule is CC1CN(C(=O)O)C(C)(C(C)(C)C)CC1O. The van der Waals surface area contributed by atoms with Gasteiger partial charge < -0.3 is 15.1 Å². The van der Waals surface area contributed by atoms with E-state index < -0.39 is 17.7 Å². The molecule has 0 saturated carbocycles. The lowest BCUT2D eigenvalue weighted by molar-refractivity contribution is -0.0795. The van der Waals surface area contributed by atoms with Gasteiger partial charge in [-0.3, -0.25) is 0 Å². The molecule has 4 heteroatoms. The summed E-state index contributed by atoms with van der Waals surface area (Å²) >= 11 is 0. The highest BCUT2D eigenvalue weighted by Crippen LogP contribution is 2.43. The zero-order chi connectivity index (χ0) is 12.7. The molecule has 1 aliphatic rings. The van der Waals surface area contributed by atoms with Crippen LogP contribution in [0.5, 0.6) is 0 Å². The third kappa shape index (κ3) is 2.03. The van der Waals surface area contributed by atoms with E-state index in [-0.39, 0.29) is 11.3 Å². The quantitative estimate of drug-likeness (QED) is 0.669. The van der Waals surface area contributed by atoms with E-state index in [1.54, 1.807) is 0 Å². The van der Waals surface area contributed by atoms with Crippen LogP contribution in [0.4, 0.5) is 4.79 Å². The maximum Gasteiger partial charge on any atom is 0.407 e. The smallest absolute Gasteiger partial charge is 0.407 e. The summed E-state index contributed by atoms with van der Waals surface area (Å²) in [7, 11) is 0. The van der Waals surface area contributed by atoms with Gasteiger partial charge in [0, 0.05) is 6.54 Å². The van der Waals surface area contributed by atoms with Crippen LogP contribution >= 0.6 is 0 Å². The van der Waals surface area contributed by atoms with Crippen LogP contribution in [-0.4, -0.2) is 39.4 Å². The van der Waals surface area contributed by atoms with Gasteiger partial charge in [0.05, 0.1) is 11.6 Å². The molecule has 16 heavy (non-hydrogen) atoms. The van der Waals surface area contributed by atoms with Crippen LogP contribution in [0.2, 0.25) is 0 Å². The van der Waals surface area contributed by atoms with Gasteiger partial charge in [-0.05, 0) is 24.7 Å². The van der Waals surface area contributed by atoms with Gasteiger partial charge in [0.2, 0.25) is 0 Å². The van der Waals surface area contributed by atoms with Gasteiger partial charge in [-0.2, -0.15) is 0 Å². The van der Waals surface area contributed by atoms with Gasteiger partial charge in [-0.1, -0.05) is 27.7 Å². The van der Waals surface area contributed by atoms with Gasteiger partial charge >= 0.3 is 6.09 Å². The van der Waals surface area contributed by atoms with Gasteiger partial charge in [-0.15, -0.1) is 0 Å². The standard InChI is InChI=1S/C12H23NO3/c1-8-7-13(10(15)16)12(5,6-9(8)14)11(2,3)4/h8-9,14H,6-7H2,1-5H3,(H,15,16). The number of hydrogen-bond donors (Lipinski definition) is 2. The summed E-state index contributed by atoms with van der Waals surface area (Å²) in [5.41, 5.74) is -0.697. The first-order valence-electron chi connectivity index (χ1n) is 5.78. The van der Waals surface area contributed by atoms with E-state index in [0.717, 1.165) is 0 Å². The largest absolute Gasteiger partial charge is 0.465 e. The molecule has 4 nitrogen and oxygen atoms in total. The number of rotatable bonds is 0. The monoisotopic (exact) mass is 229 g/mol. The maximum atomic E-state index is 11.3. The van der Waals surface area contributed by atoms with E-state index in [1.165, 1.54) is 4.90 Å². The lowest BCUT2D eigenvalue weighted by Crippen LogP contribution is -2.63. The summed E-state index contributed by atoms with van der Waals surface area (Å²) in [4.78, 5) is 12.8. The molecule has 94 valence electrons. The predicted octanol–water partition coefficient (Wildman–Crippen LogP) is 2.17. The fraction of sp³-hybridized carbons (Fsp3) is 0.917. The second-order valence-corrected chi connectivity index (χ2v) is 6.17. The lowest BCUT2D eigenvalue weighted by Gasteiger charge is -2.54. The van der Waals surface area contributed by atoms with E-state index in [0.29, 0.717) is 13.0 Å². The Morgan fingerprint density at radius 2 is 1.94 bits per heavy atom. The molecule has 1 fully saturated rings. The van der Waals surface area contributed by atoms with E-state index in [1.807, 2.05) is 34.6 Å². The Hall–Kier alpha value is -0.770. The highest BCUT2D eigenvalue weighted by molar-refractivity contribution is 5.66. The van der Waals surface area contributed by atoms with Crippen molar-refractivity contribution >= 4 is 6.09 Å². The van der Waals surface area contributed by atoms with Crippen molar-refractivity contribution in [1.82, 2.24) is 4.90 Å². The Kier molecular flexibility index (Phi) is 3.25. The van der Waals surface area contributed by atoms with Crippen molar-refractivity contribution in [3.63, 3.8) is 0 Å². The Morgan fingerprint density at radius 1 is 1.44 bits per heavy atom. The van der Waals surface area contributed by atoms with Gasteiger partial charge in [0.25, 0.3) is 0 Å². The third-order valence-corrected chi connectivity index (χ3v) is 4.18. The molecule has 0 aromatic heterocycles. The van der Waals surface area contributed by atoms with Crippen LogP contribution in [0.25, 0.3) is 0 Å². The second-order valence-electron chi connectivity index (χ2n) is 6.17. The molecule has 0 spiro atoms. The molecule has 3 unspecified atom stereocenters. The molecule has 1 aliphatic heterocycles. The van der Waals surface area contributed by atoms with E-state index in [9.17, 15) is 15.0 Å². The molecule has 1 heterocycles. The van der Waals surface area contributed by atoms with E-state index in [4.69, 9.17) is 0 Å². The molecule has 1 amide bonds. The summed E-state index contributed by atoms with van der Waals surface area (Å²) in [6.45, 7) is 10.3. The first kappa shape index (κ1) is 13.3. The summed E-state index contributed by atoms with van der Waals surface area (Å²) < 4.78 is 0. The first-order valence-corrected chi connectivity index (χ1v) is 5.78. The molecule has 0 aromatic rings. The molecule has 0 radical (unpaired) electrons. The van der Waals surface area contributed by atoms with Crippen LogP contribution in [0.3, 0.4) is 0 Å². The first-order chi connectivity index (χ1) is 7.09. The van der Waals surface area contributed by atoms with Crippen LogP contribution in [0.15, 0.2) is 0 Å². The van der Waals surface area contributed by atoms with Crippen molar-refractivity contribution < 1.29 is 15.0 Å². The average Bonchev–Trinajstić information content (AvgIpc) is 2.09. The fourth-order valence-electron chi connectivity index (χ4n) is 2.33. The normalized spacial score (nSPS) is 36.2. The number of likely N-dealkylation sites (tertiary alicyclic amines) is 1. The Labute approximate surface area is 97.3 Å². The van der Waals surface area contributed by atoms with Crippen LogP contribution in [0, 0.1) is 11.3 Å². The van der Waals surface area contributed by atoms with Crippen LogP contribution < -0.4 is 0 Å². The molecule has 3 atom stereocenters. The molecule has 0 aromatic carbocycles. The van der Waals surface area contributed by atoms with Crippen molar-refractivity contribution in [3.05, 3.63) is 0 Å². The number of aliphatic hydroxyl groups is 1. The number of hydrogen-bond acceptors (Lipinski definition) is 2. The Balaban J connectivity index is 3.08. The van der Waals surface area contributed by atoms with Gasteiger partial charge in [0.1, 0.15) is 0 Å². The minimum absolute atomic E-state index is 0.00604. The van der Waals surface area contributed by atoms with E-state index >= 15 is 0 Å². The number of aliphatic hydroxyl groups excluding tert-OH is 1. The van der Waals surface area contributed by atoms with Crippen molar-refractivity contribution in [2.75, 3.05) is 6.54 Å². The van der Waals surface area contributed by atoms with Crippen molar-refractivity contribution in [2.24, 2.45) is 11.3 Å². The molecule has 0 bridgehead atoms. The zero-order valence-electron chi connectivity index (χ0n) is 10.8. The van der Waals surface area contributed by atoms with Crippen molar-refractivity contribution in [1.29, 1.82) is 0 Å². The molecular weight excluding hydrogens is 206 g/mol. The summed E-state index contributed by atoms with van der Waals surface area (Å²) in [6, 6.07) is 0. The molecule has 1 rings (SSSR count). The number of carbonyl (C=O) groups is 1. The Morgan fingerprint density at radius 3 is 2.31 bits per heavy atom. The minimum Gasteiger partial charge on any atom is -0.465 e. The van der Waals surface area contributed by atoms with Crippen LogP contribution in [-0.2, 0) is 0 Å². The summed E-state index contributed by atoms with van der Waals surface area (Å²) in [6.07, 6.45) is -0.805. The van der Waals surface area contributed by atoms with Gasteiger partial charge in [-0.25, -0.2) is 4.79 Å². The Bertz CT molecular complexity index is 284. The number of amides is 1. The molecular formula is C12H23NO3. The fourth-order valence-corrected chi connectivity index (χ4v) is 2.33. The molecule has 2 N–H and O–H groups in total. The number of nitrogens with zero attached hydrogens (tertiary/aromatic N) is 1. The molecule has 1 saturated heterocycles. The average molecular weight is 229 g/mol. The molecule has 0 aliphatic carbocycles. The van der Waals surface area contributed by atoms with Crippen molar-refractivity contribution in [3.8, 4) is 0 Å². The topological polar surface area (TPSA) is 60.8 Å².